The number of fused-ring (bicyclic) bond motifs is 9. The van der Waals surface area contributed by atoms with Gasteiger partial charge in [0.1, 0.15) is 0 Å². The highest BCUT2D eigenvalue weighted by atomic mass is 15.2. The molecule has 4 aliphatic carbocycles. The smallest absolute Gasteiger partial charge is 0.0546 e. The molecule has 2 heteroatoms. The first-order valence-corrected chi connectivity index (χ1v) is 22.4. The Morgan fingerprint density at radius 3 is 1.05 bits per heavy atom. The molecule has 0 aliphatic heterocycles. The first-order chi connectivity index (χ1) is 28.9. The van der Waals surface area contributed by atoms with Crippen LogP contribution in [0.1, 0.15) is 86.9 Å². The van der Waals surface area contributed by atoms with Crippen molar-refractivity contribution in [2.75, 3.05) is 9.80 Å². The van der Waals surface area contributed by atoms with Crippen LogP contribution in [0.3, 0.4) is 0 Å². The van der Waals surface area contributed by atoms with Gasteiger partial charge in [-0.3, -0.25) is 0 Å². The van der Waals surface area contributed by atoms with Gasteiger partial charge >= 0.3 is 0 Å². The van der Waals surface area contributed by atoms with Crippen molar-refractivity contribution in [3.8, 4) is 0 Å². The van der Waals surface area contributed by atoms with Crippen molar-refractivity contribution >= 4 is 66.4 Å². The molecule has 290 valence electrons. The van der Waals surface area contributed by atoms with Gasteiger partial charge < -0.3 is 9.80 Å². The SMILES string of the molecule is Cc1ccc2c(c1)c(N(c1ccc3c(c1)CCC3)c1ccc3c(c1)CCC3)cc1c3cc(C)c(C)cc3c(N(c3ccc4c(c3)CCC4)c3ccc4c(c3)CCC4)cc21. The summed E-state index contributed by atoms with van der Waals surface area (Å²) in [6.45, 7) is 6.83. The largest absolute Gasteiger partial charge is 0.310 e. The lowest BCUT2D eigenvalue weighted by molar-refractivity contribution is 0.911. The fraction of sp³-hybridized carbons (Fsp3) is 0.263. The molecule has 0 fully saturated rings. The number of aryl methyl sites for hydroxylation is 11. The second kappa shape index (κ2) is 13.6. The predicted octanol–water partition coefficient (Wildman–Crippen LogP) is 15.0. The maximum absolute atomic E-state index is 2.60. The van der Waals surface area contributed by atoms with Gasteiger partial charge in [0.05, 0.1) is 11.4 Å². The third kappa shape index (κ3) is 5.74. The minimum atomic E-state index is 1.16. The summed E-state index contributed by atoms with van der Waals surface area (Å²) in [5.74, 6) is 0. The van der Waals surface area contributed by atoms with Gasteiger partial charge in [-0.25, -0.2) is 0 Å². The molecule has 0 amide bonds. The molecule has 0 heterocycles. The zero-order valence-corrected chi connectivity index (χ0v) is 34.8. The van der Waals surface area contributed by atoms with Gasteiger partial charge in [0, 0.05) is 33.5 Å². The number of rotatable bonds is 6. The molecule has 0 N–H and O–H groups in total. The van der Waals surface area contributed by atoms with Crippen LogP contribution in [-0.2, 0) is 51.4 Å². The van der Waals surface area contributed by atoms with E-state index in [9.17, 15) is 0 Å². The first kappa shape index (κ1) is 35.1. The summed E-state index contributed by atoms with van der Waals surface area (Å²) in [6, 6.07) is 46.5. The molecule has 8 aromatic rings. The molecule has 0 saturated carbocycles. The van der Waals surface area contributed by atoms with E-state index in [2.05, 4.69) is 146 Å². The Kier molecular flexibility index (Phi) is 8.09. The lowest BCUT2D eigenvalue weighted by atomic mass is 9.90. The average Bonchev–Trinajstić information content (AvgIpc) is 4.09. The van der Waals surface area contributed by atoms with Crippen LogP contribution in [0, 0.1) is 20.8 Å². The van der Waals surface area contributed by atoms with Crippen LogP contribution >= 0.6 is 0 Å². The van der Waals surface area contributed by atoms with Gasteiger partial charge in [-0.05, 0) is 248 Å². The van der Waals surface area contributed by atoms with Crippen molar-refractivity contribution in [2.45, 2.75) is 97.8 Å². The minimum absolute atomic E-state index is 1.16. The first-order valence-electron chi connectivity index (χ1n) is 22.4. The van der Waals surface area contributed by atoms with E-state index in [0.717, 1.165) is 25.7 Å². The van der Waals surface area contributed by atoms with Crippen LogP contribution in [0.4, 0.5) is 34.1 Å². The van der Waals surface area contributed by atoms with E-state index >= 15 is 0 Å². The Labute approximate surface area is 349 Å². The van der Waals surface area contributed by atoms with Gasteiger partial charge in [0.2, 0.25) is 0 Å². The molecule has 0 aromatic heterocycles. The van der Waals surface area contributed by atoms with E-state index in [4.69, 9.17) is 0 Å². The minimum Gasteiger partial charge on any atom is -0.310 e. The summed E-state index contributed by atoms with van der Waals surface area (Å²) in [6.07, 6.45) is 14.4. The van der Waals surface area contributed by atoms with Gasteiger partial charge in [0.25, 0.3) is 0 Å². The Morgan fingerprint density at radius 1 is 0.288 bits per heavy atom. The highest BCUT2D eigenvalue weighted by Gasteiger charge is 2.26. The quantitative estimate of drug-likeness (QED) is 0.156. The molecular formula is C57H52N2. The van der Waals surface area contributed by atoms with Crippen molar-refractivity contribution in [1.29, 1.82) is 0 Å². The summed E-state index contributed by atoms with van der Waals surface area (Å²) in [7, 11) is 0. The monoisotopic (exact) mass is 764 g/mol. The van der Waals surface area contributed by atoms with Crippen molar-refractivity contribution in [1.82, 2.24) is 0 Å². The van der Waals surface area contributed by atoms with Crippen LogP contribution < -0.4 is 9.80 Å². The van der Waals surface area contributed by atoms with E-state index in [1.807, 2.05) is 0 Å². The van der Waals surface area contributed by atoms with Crippen LogP contribution in [0.5, 0.6) is 0 Å². The predicted molar refractivity (Wildman–Crippen MR) is 251 cm³/mol. The average molecular weight is 765 g/mol. The standard InChI is InChI=1S/C57H52N2/c1-35-16-25-50-52-33-57(59(48-23-19-40-10-6-14-44(40)31-48)49-24-20-41-11-7-15-45(41)32-49)55-28-37(3)36(2)27-51(55)53(52)34-56(54(50)26-35)58(46-21-17-38-8-4-12-42(38)29-46)47-22-18-39-9-5-13-43(39)30-47/h16-34H,4-15H2,1-3H3. The molecule has 8 aromatic carbocycles. The number of benzene rings is 8. The van der Waals surface area contributed by atoms with Crippen molar-refractivity contribution in [2.24, 2.45) is 0 Å². The second-order valence-corrected chi connectivity index (χ2v) is 18.3. The van der Waals surface area contributed by atoms with Gasteiger partial charge in [-0.1, -0.05) is 48.0 Å². The van der Waals surface area contributed by atoms with Gasteiger partial charge in [-0.15, -0.1) is 0 Å². The molecule has 0 saturated heterocycles. The van der Waals surface area contributed by atoms with Crippen LogP contribution in [-0.4, -0.2) is 0 Å². The van der Waals surface area contributed by atoms with E-state index < -0.39 is 0 Å². The number of nitrogens with zero attached hydrogens (tertiary/aromatic N) is 2. The molecule has 0 spiro atoms. The van der Waals surface area contributed by atoms with E-state index in [0.29, 0.717) is 0 Å². The molecule has 0 atom stereocenters. The summed E-state index contributed by atoms with van der Waals surface area (Å²) in [4.78, 5) is 5.20. The molecule has 12 rings (SSSR count). The number of anilines is 6. The van der Waals surface area contributed by atoms with Crippen molar-refractivity contribution in [3.63, 3.8) is 0 Å². The van der Waals surface area contributed by atoms with Crippen molar-refractivity contribution in [3.05, 3.63) is 176 Å². The normalized spacial score (nSPS) is 15.2. The number of hydrogen-bond donors (Lipinski definition) is 0. The van der Waals surface area contributed by atoms with Crippen LogP contribution in [0.2, 0.25) is 0 Å². The fourth-order valence-electron chi connectivity index (χ4n) is 11.4. The molecule has 0 bridgehead atoms. The zero-order valence-electron chi connectivity index (χ0n) is 34.8. The second-order valence-electron chi connectivity index (χ2n) is 18.3. The Bertz CT molecular complexity index is 2940. The highest BCUT2D eigenvalue weighted by Crippen LogP contribution is 2.50. The van der Waals surface area contributed by atoms with Gasteiger partial charge in [0.15, 0.2) is 0 Å². The van der Waals surface area contributed by atoms with E-state index in [1.54, 1.807) is 0 Å². The van der Waals surface area contributed by atoms with Gasteiger partial charge in [-0.2, -0.15) is 0 Å². The van der Waals surface area contributed by atoms with Crippen molar-refractivity contribution < 1.29 is 0 Å². The summed E-state index contributed by atoms with van der Waals surface area (Å²) in [5, 5.41) is 7.85. The van der Waals surface area contributed by atoms with E-state index in [1.165, 1.54) is 179 Å². The molecule has 0 unspecified atom stereocenters. The maximum atomic E-state index is 2.60. The summed E-state index contributed by atoms with van der Waals surface area (Å²) < 4.78 is 0. The molecule has 4 aliphatic rings. The van der Waals surface area contributed by atoms with Crippen LogP contribution in [0.25, 0.3) is 32.3 Å². The lowest BCUT2D eigenvalue weighted by Crippen LogP contribution is -2.13. The Hall–Kier alpha value is -5.86. The molecular weight excluding hydrogens is 713 g/mol. The Balaban J connectivity index is 1.16. The van der Waals surface area contributed by atoms with E-state index in [-0.39, 0.29) is 0 Å². The molecule has 0 radical (unpaired) electrons. The molecule has 59 heavy (non-hydrogen) atoms. The maximum Gasteiger partial charge on any atom is 0.0546 e. The summed E-state index contributed by atoms with van der Waals surface area (Å²) in [5.41, 5.74) is 23.6. The number of hydrogen-bond acceptors (Lipinski definition) is 2. The Morgan fingerprint density at radius 2 is 0.627 bits per heavy atom. The topological polar surface area (TPSA) is 6.48 Å². The third-order valence-electron chi connectivity index (χ3n) is 14.6. The molecule has 2 nitrogen and oxygen atoms in total. The van der Waals surface area contributed by atoms with Crippen LogP contribution in [0.15, 0.2) is 115 Å². The zero-order chi connectivity index (χ0) is 39.4. The lowest BCUT2D eigenvalue weighted by Gasteiger charge is -2.31. The highest BCUT2D eigenvalue weighted by molar-refractivity contribution is 6.25. The summed E-state index contributed by atoms with van der Waals surface area (Å²) >= 11 is 0. The fourth-order valence-corrected chi connectivity index (χ4v) is 11.4. The third-order valence-corrected chi connectivity index (χ3v) is 14.6.